The smallest absolute Gasteiger partial charge is 0.251 e. The Kier molecular flexibility index (Phi) is 4.79. The minimum Gasteiger partial charge on any atom is -0.508 e. The predicted molar refractivity (Wildman–Crippen MR) is 83.3 cm³/mol. The molecule has 2 N–H and O–H groups in total. The van der Waals surface area contributed by atoms with Gasteiger partial charge in [-0.25, -0.2) is 0 Å². The predicted octanol–water partition coefficient (Wildman–Crippen LogP) is 3.57. The van der Waals surface area contributed by atoms with E-state index in [1.807, 2.05) is 30.3 Å². The zero-order valence-electron chi connectivity index (χ0n) is 11.1. The van der Waals surface area contributed by atoms with E-state index < -0.39 is 0 Å². The van der Waals surface area contributed by atoms with Crippen molar-refractivity contribution in [3.63, 3.8) is 0 Å². The van der Waals surface area contributed by atoms with E-state index in [2.05, 4.69) is 21.2 Å². The Balaban J connectivity index is 2.01. The molecule has 1 unspecified atom stereocenters. The molecule has 20 heavy (non-hydrogen) atoms. The first kappa shape index (κ1) is 14.6. The van der Waals surface area contributed by atoms with Crippen LogP contribution in [0, 0.1) is 6.92 Å². The minimum absolute atomic E-state index is 0.0604. The maximum absolute atomic E-state index is 12.1. The molecular formula is C16H16BrNO2. The first-order chi connectivity index (χ1) is 9.59. The van der Waals surface area contributed by atoms with Gasteiger partial charge in [0.05, 0.1) is 4.83 Å². The lowest BCUT2D eigenvalue weighted by molar-refractivity contribution is 0.0953. The fourth-order valence-corrected chi connectivity index (χ4v) is 2.39. The van der Waals surface area contributed by atoms with Gasteiger partial charge in [-0.2, -0.15) is 0 Å². The summed E-state index contributed by atoms with van der Waals surface area (Å²) in [4.78, 5) is 12.2. The molecule has 0 aromatic heterocycles. The summed E-state index contributed by atoms with van der Waals surface area (Å²) in [6.07, 6.45) is 0. The number of amides is 1. The molecule has 0 aliphatic heterocycles. The maximum atomic E-state index is 12.1. The Morgan fingerprint density at radius 3 is 2.60 bits per heavy atom. The first-order valence-electron chi connectivity index (χ1n) is 6.35. The molecule has 0 heterocycles. The number of halogens is 1. The van der Waals surface area contributed by atoms with Crippen LogP contribution in [0.3, 0.4) is 0 Å². The standard InChI is InChI=1S/C16H16BrNO2/c1-11-13(8-5-9-15(11)19)16(20)18-10-14(17)12-6-3-2-4-7-12/h2-9,14,19H,10H2,1H3,(H,18,20). The highest BCUT2D eigenvalue weighted by Gasteiger charge is 2.13. The summed E-state index contributed by atoms with van der Waals surface area (Å²) in [5, 5.41) is 12.5. The van der Waals surface area contributed by atoms with Crippen LogP contribution >= 0.6 is 15.9 Å². The molecule has 0 spiro atoms. The molecule has 2 aromatic carbocycles. The largest absolute Gasteiger partial charge is 0.508 e. The van der Waals surface area contributed by atoms with Crippen molar-refractivity contribution in [2.75, 3.05) is 6.54 Å². The minimum atomic E-state index is -0.182. The average molecular weight is 334 g/mol. The molecule has 4 heteroatoms. The highest BCUT2D eigenvalue weighted by atomic mass is 79.9. The quantitative estimate of drug-likeness (QED) is 0.840. The van der Waals surface area contributed by atoms with Gasteiger partial charge in [-0.3, -0.25) is 4.79 Å². The van der Waals surface area contributed by atoms with Crippen LogP contribution in [0.2, 0.25) is 0 Å². The Morgan fingerprint density at radius 2 is 1.90 bits per heavy atom. The Morgan fingerprint density at radius 1 is 1.20 bits per heavy atom. The molecule has 104 valence electrons. The van der Waals surface area contributed by atoms with E-state index in [0.29, 0.717) is 17.7 Å². The third-order valence-corrected chi connectivity index (χ3v) is 4.01. The summed E-state index contributed by atoms with van der Waals surface area (Å²) in [6.45, 7) is 2.21. The van der Waals surface area contributed by atoms with E-state index in [-0.39, 0.29) is 16.5 Å². The summed E-state index contributed by atoms with van der Waals surface area (Å²) < 4.78 is 0. The molecule has 1 atom stereocenters. The Hall–Kier alpha value is -1.81. The summed E-state index contributed by atoms with van der Waals surface area (Å²) in [5.74, 6) is -0.0464. The van der Waals surface area contributed by atoms with Crippen molar-refractivity contribution in [1.29, 1.82) is 0 Å². The first-order valence-corrected chi connectivity index (χ1v) is 7.27. The average Bonchev–Trinajstić information content (AvgIpc) is 2.48. The summed E-state index contributed by atoms with van der Waals surface area (Å²) in [7, 11) is 0. The second kappa shape index (κ2) is 6.57. The van der Waals surface area contributed by atoms with E-state index in [9.17, 15) is 9.90 Å². The van der Waals surface area contributed by atoms with Crippen molar-refractivity contribution >= 4 is 21.8 Å². The number of aromatic hydroxyl groups is 1. The van der Waals surface area contributed by atoms with E-state index in [0.717, 1.165) is 5.56 Å². The Bertz CT molecular complexity index is 599. The number of hydrogen-bond donors (Lipinski definition) is 2. The highest BCUT2D eigenvalue weighted by molar-refractivity contribution is 9.09. The molecule has 2 rings (SSSR count). The molecule has 0 aliphatic rings. The molecule has 2 aromatic rings. The second-order valence-corrected chi connectivity index (χ2v) is 5.64. The van der Waals surface area contributed by atoms with Crippen LogP contribution in [0.15, 0.2) is 48.5 Å². The van der Waals surface area contributed by atoms with Gasteiger partial charge in [0.1, 0.15) is 5.75 Å². The maximum Gasteiger partial charge on any atom is 0.251 e. The number of benzene rings is 2. The molecular weight excluding hydrogens is 318 g/mol. The normalized spacial score (nSPS) is 11.9. The molecule has 0 saturated heterocycles. The van der Waals surface area contributed by atoms with Gasteiger partial charge < -0.3 is 10.4 Å². The van der Waals surface area contributed by atoms with Crippen molar-refractivity contribution < 1.29 is 9.90 Å². The summed E-state index contributed by atoms with van der Waals surface area (Å²) in [5.41, 5.74) is 2.20. The van der Waals surface area contributed by atoms with Crippen molar-refractivity contribution in [3.8, 4) is 5.75 Å². The third-order valence-electron chi connectivity index (χ3n) is 3.15. The highest BCUT2D eigenvalue weighted by Crippen LogP contribution is 2.22. The lowest BCUT2D eigenvalue weighted by Gasteiger charge is -2.13. The second-order valence-electron chi connectivity index (χ2n) is 4.54. The van der Waals surface area contributed by atoms with E-state index in [1.165, 1.54) is 0 Å². The third kappa shape index (κ3) is 3.39. The number of phenolic OH excluding ortho intramolecular Hbond substituents is 1. The molecule has 1 amide bonds. The zero-order valence-corrected chi connectivity index (χ0v) is 12.7. The van der Waals surface area contributed by atoms with Gasteiger partial charge in [-0.1, -0.05) is 52.3 Å². The molecule has 0 radical (unpaired) electrons. The number of phenols is 1. The topological polar surface area (TPSA) is 49.3 Å². The van der Waals surface area contributed by atoms with Gasteiger partial charge in [0.25, 0.3) is 5.91 Å². The van der Waals surface area contributed by atoms with Crippen LogP contribution in [0.1, 0.15) is 26.3 Å². The van der Waals surface area contributed by atoms with Crippen molar-refractivity contribution in [2.24, 2.45) is 0 Å². The monoisotopic (exact) mass is 333 g/mol. The number of rotatable bonds is 4. The van der Waals surface area contributed by atoms with E-state index >= 15 is 0 Å². The zero-order chi connectivity index (χ0) is 14.5. The van der Waals surface area contributed by atoms with Gasteiger partial charge >= 0.3 is 0 Å². The number of alkyl halides is 1. The van der Waals surface area contributed by atoms with Gasteiger partial charge in [0.15, 0.2) is 0 Å². The fraction of sp³-hybridized carbons (Fsp3) is 0.188. The molecule has 0 fully saturated rings. The Labute approximate surface area is 126 Å². The summed E-state index contributed by atoms with van der Waals surface area (Å²) >= 11 is 3.56. The number of nitrogens with one attached hydrogen (secondary N) is 1. The number of hydrogen-bond acceptors (Lipinski definition) is 2. The lowest BCUT2D eigenvalue weighted by Crippen LogP contribution is -2.27. The lowest BCUT2D eigenvalue weighted by atomic mass is 10.1. The van der Waals surface area contributed by atoms with E-state index in [4.69, 9.17) is 0 Å². The van der Waals surface area contributed by atoms with Crippen LogP contribution in [0.25, 0.3) is 0 Å². The number of carbonyl (C=O) groups is 1. The SMILES string of the molecule is Cc1c(O)cccc1C(=O)NCC(Br)c1ccccc1. The fourth-order valence-electron chi connectivity index (χ4n) is 1.93. The van der Waals surface area contributed by atoms with Crippen LogP contribution in [0.4, 0.5) is 0 Å². The van der Waals surface area contributed by atoms with Crippen LogP contribution < -0.4 is 5.32 Å². The molecule has 0 aliphatic carbocycles. The van der Waals surface area contributed by atoms with Crippen molar-refractivity contribution in [1.82, 2.24) is 5.32 Å². The van der Waals surface area contributed by atoms with Gasteiger partial charge in [0, 0.05) is 17.7 Å². The van der Waals surface area contributed by atoms with Crippen LogP contribution in [-0.2, 0) is 0 Å². The summed E-state index contributed by atoms with van der Waals surface area (Å²) in [6, 6.07) is 14.8. The van der Waals surface area contributed by atoms with Gasteiger partial charge in [-0.15, -0.1) is 0 Å². The molecule has 3 nitrogen and oxygen atoms in total. The number of carbonyl (C=O) groups excluding carboxylic acids is 1. The van der Waals surface area contributed by atoms with Crippen LogP contribution in [-0.4, -0.2) is 17.6 Å². The van der Waals surface area contributed by atoms with Gasteiger partial charge in [0.2, 0.25) is 0 Å². The molecule has 0 saturated carbocycles. The van der Waals surface area contributed by atoms with E-state index in [1.54, 1.807) is 25.1 Å². The van der Waals surface area contributed by atoms with Gasteiger partial charge in [-0.05, 0) is 24.6 Å². The molecule has 0 bridgehead atoms. The van der Waals surface area contributed by atoms with Crippen molar-refractivity contribution in [2.45, 2.75) is 11.8 Å². The van der Waals surface area contributed by atoms with Crippen molar-refractivity contribution in [3.05, 3.63) is 65.2 Å². The van der Waals surface area contributed by atoms with Crippen LogP contribution in [0.5, 0.6) is 5.75 Å².